The van der Waals surface area contributed by atoms with Gasteiger partial charge in [-0.05, 0) is 41.3 Å². The third-order valence-corrected chi connectivity index (χ3v) is 3.83. The van der Waals surface area contributed by atoms with Crippen molar-refractivity contribution in [2.75, 3.05) is 0 Å². The van der Waals surface area contributed by atoms with Gasteiger partial charge in [0.25, 0.3) is 5.91 Å². The van der Waals surface area contributed by atoms with Crippen molar-refractivity contribution in [3.63, 3.8) is 0 Å². The fourth-order valence-corrected chi connectivity index (χ4v) is 2.42. The van der Waals surface area contributed by atoms with Crippen LogP contribution in [0.25, 0.3) is 11.0 Å². The molecule has 0 radical (unpaired) electrons. The second kappa shape index (κ2) is 6.57. The van der Waals surface area contributed by atoms with E-state index in [-0.39, 0.29) is 5.91 Å². The number of carbonyl (C=O) groups is 1. The summed E-state index contributed by atoms with van der Waals surface area (Å²) in [7, 11) is 0. The molecule has 0 aliphatic carbocycles. The van der Waals surface area contributed by atoms with Crippen molar-refractivity contribution < 1.29 is 4.79 Å². The van der Waals surface area contributed by atoms with Crippen molar-refractivity contribution in [1.29, 1.82) is 0 Å². The van der Waals surface area contributed by atoms with Gasteiger partial charge in [-0.15, -0.1) is 0 Å². The molecular weight excluding hydrogens is 286 g/mol. The maximum absolute atomic E-state index is 12.2. The minimum Gasteiger partial charge on any atom is -0.348 e. The van der Waals surface area contributed by atoms with Crippen molar-refractivity contribution in [1.82, 2.24) is 15.3 Å². The molecule has 3 rings (SSSR count). The summed E-state index contributed by atoms with van der Waals surface area (Å²) in [6.07, 6.45) is 3.34. The molecule has 2 aromatic carbocycles. The van der Waals surface area contributed by atoms with Crippen LogP contribution in [0.5, 0.6) is 0 Å². The molecule has 116 valence electrons. The molecule has 0 saturated heterocycles. The number of benzene rings is 2. The zero-order chi connectivity index (χ0) is 16.2. The lowest BCUT2D eigenvalue weighted by molar-refractivity contribution is 0.0951. The molecule has 1 N–H and O–H groups in total. The van der Waals surface area contributed by atoms with Gasteiger partial charge in [0.2, 0.25) is 0 Å². The van der Waals surface area contributed by atoms with E-state index in [0.29, 0.717) is 18.0 Å². The predicted molar refractivity (Wildman–Crippen MR) is 91.2 cm³/mol. The highest BCUT2D eigenvalue weighted by molar-refractivity contribution is 5.94. The number of rotatable bonds is 4. The molecular formula is C19H19N3O. The summed E-state index contributed by atoms with van der Waals surface area (Å²) in [5, 5.41) is 2.94. The van der Waals surface area contributed by atoms with E-state index in [1.165, 1.54) is 5.56 Å². The molecule has 0 fully saturated rings. The number of nitrogens with one attached hydrogen (secondary N) is 1. The van der Waals surface area contributed by atoms with Gasteiger partial charge in [-0.25, -0.2) is 0 Å². The summed E-state index contributed by atoms with van der Waals surface area (Å²) in [6, 6.07) is 13.6. The molecule has 0 aliphatic heterocycles. The van der Waals surface area contributed by atoms with E-state index in [1.54, 1.807) is 12.4 Å². The summed E-state index contributed by atoms with van der Waals surface area (Å²) in [5.74, 6) is 0.394. The molecule has 1 heterocycles. The van der Waals surface area contributed by atoms with E-state index in [2.05, 4.69) is 29.1 Å². The Morgan fingerprint density at radius 1 is 1.00 bits per heavy atom. The highest BCUT2D eigenvalue weighted by Gasteiger charge is 2.07. The van der Waals surface area contributed by atoms with Crippen molar-refractivity contribution in [2.45, 2.75) is 26.3 Å². The quantitative estimate of drug-likeness (QED) is 0.800. The van der Waals surface area contributed by atoms with Crippen LogP contribution in [0.3, 0.4) is 0 Å². The van der Waals surface area contributed by atoms with E-state index in [0.717, 1.165) is 16.6 Å². The Balaban J connectivity index is 1.67. The van der Waals surface area contributed by atoms with E-state index >= 15 is 0 Å². The summed E-state index contributed by atoms with van der Waals surface area (Å²) < 4.78 is 0. The monoisotopic (exact) mass is 305 g/mol. The van der Waals surface area contributed by atoms with Gasteiger partial charge in [-0.2, -0.15) is 0 Å². The van der Waals surface area contributed by atoms with E-state index < -0.39 is 0 Å². The van der Waals surface area contributed by atoms with Crippen LogP contribution in [-0.4, -0.2) is 15.9 Å². The largest absolute Gasteiger partial charge is 0.348 e. The van der Waals surface area contributed by atoms with Crippen molar-refractivity contribution in [2.24, 2.45) is 0 Å². The van der Waals surface area contributed by atoms with Crippen LogP contribution in [0.15, 0.2) is 54.9 Å². The average molecular weight is 305 g/mol. The molecule has 0 atom stereocenters. The Kier molecular flexibility index (Phi) is 4.33. The van der Waals surface area contributed by atoms with Crippen LogP contribution in [0.2, 0.25) is 0 Å². The van der Waals surface area contributed by atoms with Crippen LogP contribution >= 0.6 is 0 Å². The van der Waals surface area contributed by atoms with E-state index in [9.17, 15) is 4.79 Å². The first kappa shape index (κ1) is 15.2. The lowest BCUT2D eigenvalue weighted by Gasteiger charge is -2.08. The standard InChI is InChI=1S/C19H19N3O/c1-13(2)15-4-6-16(7-5-15)19(23)22-12-14-3-8-17-18(11-14)21-10-9-20-17/h3-11,13H,12H2,1-2H3,(H,22,23). The van der Waals surface area contributed by atoms with Crippen molar-refractivity contribution in [3.05, 3.63) is 71.5 Å². The highest BCUT2D eigenvalue weighted by atomic mass is 16.1. The van der Waals surface area contributed by atoms with Gasteiger partial charge in [0.15, 0.2) is 0 Å². The van der Waals surface area contributed by atoms with Gasteiger partial charge in [0.05, 0.1) is 11.0 Å². The molecule has 0 unspecified atom stereocenters. The van der Waals surface area contributed by atoms with Crippen LogP contribution < -0.4 is 5.32 Å². The van der Waals surface area contributed by atoms with Gasteiger partial charge < -0.3 is 5.32 Å². The summed E-state index contributed by atoms with van der Waals surface area (Å²) >= 11 is 0. The number of fused-ring (bicyclic) bond motifs is 1. The summed E-state index contributed by atoms with van der Waals surface area (Å²) in [6.45, 7) is 4.74. The Morgan fingerprint density at radius 3 is 2.39 bits per heavy atom. The molecule has 0 saturated carbocycles. The Morgan fingerprint density at radius 2 is 1.70 bits per heavy atom. The summed E-state index contributed by atoms with van der Waals surface area (Å²) in [4.78, 5) is 20.7. The number of carbonyl (C=O) groups excluding carboxylic acids is 1. The number of amides is 1. The third kappa shape index (κ3) is 3.54. The first-order valence-electron chi connectivity index (χ1n) is 7.71. The minimum atomic E-state index is -0.0699. The first-order valence-corrected chi connectivity index (χ1v) is 7.71. The Bertz CT molecular complexity index is 825. The normalized spacial score (nSPS) is 10.9. The SMILES string of the molecule is CC(C)c1ccc(C(=O)NCc2ccc3nccnc3c2)cc1. The maximum atomic E-state index is 12.2. The maximum Gasteiger partial charge on any atom is 0.251 e. The highest BCUT2D eigenvalue weighted by Crippen LogP contribution is 2.15. The number of nitrogens with zero attached hydrogens (tertiary/aromatic N) is 2. The van der Waals surface area contributed by atoms with Crippen molar-refractivity contribution in [3.8, 4) is 0 Å². The van der Waals surface area contributed by atoms with Crippen LogP contribution in [0, 0.1) is 0 Å². The molecule has 3 aromatic rings. The first-order chi connectivity index (χ1) is 11.1. The molecule has 0 bridgehead atoms. The van der Waals surface area contributed by atoms with E-state index in [4.69, 9.17) is 0 Å². The van der Waals surface area contributed by atoms with Crippen LogP contribution in [0.1, 0.15) is 41.3 Å². The van der Waals surface area contributed by atoms with Crippen LogP contribution in [-0.2, 0) is 6.54 Å². The smallest absolute Gasteiger partial charge is 0.251 e. The number of hydrogen-bond acceptors (Lipinski definition) is 3. The molecule has 23 heavy (non-hydrogen) atoms. The summed E-state index contributed by atoms with van der Waals surface area (Å²) in [5.41, 5.74) is 4.60. The molecule has 1 amide bonds. The van der Waals surface area contributed by atoms with Gasteiger partial charge in [0.1, 0.15) is 0 Å². The minimum absolute atomic E-state index is 0.0699. The molecule has 0 spiro atoms. The fraction of sp³-hybridized carbons (Fsp3) is 0.211. The zero-order valence-corrected chi connectivity index (χ0v) is 13.3. The molecule has 1 aromatic heterocycles. The Labute approximate surface area is 135 Å². The van der Waals surface area contributed by atoms with Crippen LogP contribution in [0.4, 0.5) is 0 Å². The van der Waals surface area contributed by atoms with Gasteiger partial charge in [-0.1, -0.05) is 32.0 Å². The molecule has 0 aliphatic rings. The second-order valence-corrected chi connectivity index (χ2v) is 5.84. The number of aromatic nitrogens is 2. The second-order valence-electron chi connectivity index (χ2n) is 5.84. The fourth-order valence-electron chi connectivity index (χ4n) is 2.42. The lowest BCUT2D eigenvalue weighted by atomic mass is 10.0. The average Bonchev–Trinajstić information content (AvgIpc) is 2.59. The van der Waals surface area contributed by atoms with Gasteiger partial charge >= 0.3 is 0 Å². The lowest BCUT2D eigenvalue weighted by Crippen LogP contribution is -2.22. The third-order valence-electron chi connectivity index (χ3n) is 3.83. The van der Waals surface area contributed by atoms with Gasteiger partial charge in [0, 0.05) is 24.5 Å². The zero-order valence-electron chi connectivity index (χ0n) is 13.3. The van der Waals surface area contributed by atoms with E-state index in [1.807, 2.05) is 42.5 Å². The molecule has 4 nitrogen and oxygen atoms in total. The number of hydrogen-bond donors (Lipinski definition) is 1. The van der Waals surface area contributed by atoms with Gasteiger partial charge in [-0.3, -0.25) is 14.8 Å². The van der Waals surface area contributed by atoms with Crippen molar-refractivity contribution >= 4 is 16.9 Å². The Hall–Kier alpha value is -2.75. The molecule has 4 heteroatoms. The predicted octanol–water partition coefficient (Wildman–Crippen LogP) is 3.68. The topological polar surface area (TPSA) is 54.9 Å².